The molecule has 0 N–H and O–H groups in total. The first-order valence-corrected chi connectivity index (χ1v) is 7.18. The predicted octanol–water partition coefficient (Wildman–Crippen LogP) is 2.17. The van der Waals surface area contributed by atoms with Gasteiger partial charge in [-0.1, -0.05) is 0 Å². The Morgan fingerprint density at radius 3 is 2.71 bits per heavy atom. The Morgan fingerprint density at radius 2 is 2.10 bits per heavy atom. The fraction of sp³-hybridized carbons (Fsp3) is 0.562. The average molecular weight is 289 g/mol. The van der Waals surface area contributed by atoms with Crippen LogP contribution in [0, 0.1) is 0 Å². The van der Waals surface area contributed by atoms with Crippen LogP contribution in [-0.2, 0) is 26.1 Å². The fourth-order valence-electron chi connectivity index (χ4n) is 2.57. The van der Waals surface area contributed by atoms with Crippen molar-refractivity contribution in [1.82, 2.24) is 4.98 Å². The Morgan fingerprint density at radius 1 is 1.38 bits per heavy atom. The Hall–Kier alpha value is -1.91. The summed E-state index contributed by atoms with van der Waals surface area (Å²) in [5.74, 6) is -0.628. The summed E-state index contributed by atoms with van der Waals surface area (Å²) >= 11 is 0. The van der Waals surface area contributed by atoms with Crippen LogP contribution >= 0.6 is 0 Å². The van der Waals surface area contributed by atoms with E-state index in [0.717, 1.165) is 18.5 Å². The smallest absolute Gasteiger partial charge is 0.340 e. The zero-order valence-corrected chi connectivity index (χ0v) is 12.6. The van der Waals surface area contributed by atoms with E-state index in [9.17, 15) is 9.59 Å². The number of carbonyl (C=O) groups excluding carboxylic acids is 2. The van der Waals surface area contributed by atoms with Crippen molar-refractivity contribution >= 4 is 11.9 Å². The molecule has 1 aromatic rings. The predicted molar refractivity (Wildman–Crippen MR) is 75.0 cm³/mol. The van der Waals surface area contributed by atoms with Gasteiger partial charge in [0.05, 0.1) is 23.4 Å². The van der Waals surface area contributed by atoms with Crippen molar-refractivity contribution in [2.45, 2.75) is 51.0 Å². The van der Waals surface area contributed by atoms with Crippen molar-refractivity contribution in [1.29, 1.82) is 0 Å². The lowest BCUT2D eigenvalue weighted by Crippen LogP contribution is -2.30. The Bertz CT molecular complexity index is 611. The first-order valence-electron chi connectivity index (χ1n) is 7.18. The second kappa shape index (κ2) is 4.55. The summed E-state index contributed by atoms with van der Waals surface area (Å²) in [5.41, 5.74) is 1.36. The Kier molecular flexibility index (Phi) is 3.04. The molecule has 0 bridgehead atoms. The van der Waals surface area contributed by atoms with E-state index in [4.69, 9.17) is 9.47 Å². The number of hydrogen-bond acceptors (Lipinski definition) is 5. The molecule has 0 radical (unpaired) electrons. The van der Waals surface area contributed by atoms with Gasteiger partial charge in [0.1, 0.15) is 12.2 Å². The maximum Gasteiger partial charge on any atom is 0.340 e. The molecule has 1 spiro atoms. The standard InChI is InChI=1S/C16H19NO4/c1-15(2,3)21-12(18)8-10-4-5-11-13(17-10)16(6-7-16)9-20-14(11)19/h4-5H,6-9H2,1-3H3. The molecular weight excluding hydrogens is 270 g/mol. The SMILES string of the molecule is CC(C)(C)OC(=O)Cc1ccc2c(n1)C1(CC1)COC2=O. The number of carbonyl (C=O) groups is 2. The van der Waals surface area contributed by atoms with Gasteiger partial charge in [-0.3, -0.25) is 9.78 Å². The number of hydrogen-bond donors (Lipinski definition) is 0. The highest BCUT2D eigenvalue weighted by Gasteiger charge is 2.51. The van der Waals surface area contributed by atoms with E-state index < -0.39 is 5.60 Å². The molecule has 5 nitrogen and oxygen atoms in total. The number of ether oxygens (including phenoxy) is 2. The Balaban J connectivity index is 1.83. The molecule has 2 heterocycles. The molecule has 21 heavy (non-hydrogen) atoms. The number of cyclic esters (lactones) is 1. The maximum atomic E-state index is 11.9. The monoisotopic (exact) mass is 289 g/mol. The highest BCUT2D eigenvalue weighted by molar-refractivity contribution is 5.92. The summed E-state index contributed by atoms with van der Waals surface area (Å²) in [5, 5.41) is 0. The van der Waals surface area contributed by atoms with Crippen molar-refractivity contribution in [3.8, 4) is 0 Å². The quantitative estimate of drug-likeness (QED) is 0.781. The van der Waals surface area contributed by atoms with E-state index in [-0.39, 0.29) is 23.8 Å². The van der Waals surface area contributed by atoms with Crippen molar-refractivity contribution in [2.75, 3.05) is 6.61 Å². The molecule has 3 rings (SSSR count). The molecule has 1 aliphatic heterocycles. The number of pyridine rings is 1. The summed E-state index contributed by atoms with van der Waals surface area (Å²) in [7, 11) is 0. The maximum absolute atomic E-state index is 11.9. The molecule has 2 aliphatic rings. The summed E-state index contributed by atoms with van der Waals surface area (Å²) in [6.07, 6.45) is 2.09. The molecule has 1 saturated carbocycles. The van der Waals surface area contributed by atoms with Gasteiger partial charge >= 0.3 is 11.9 Å². The lowest BCUT2D eigenvalue weighted by Gasteiger charge is -2.24. The summed E-state index contributed by atoms with van der Waals surface area (Å²) in [6, 6.07) is 3.41. The third-order valence-corrected chi connectivity index (χ3v) is 3.75. The van der Waals surface area contributed by atoms with E-state index in [2.05, 4.69) is 4.98 Å². The number of nitrogens with zero attached hydrogens (tertiary/aromatic N) is 1. The molecule has 1 fully saturated rings. The molecule has 1 aromatic heterocycles. The minimum absolute atomic E-state index is 0.104. The second-order valence-corrected chi connectivity index (χ2v) is 6.82. The first kappa shape index (κ1) is 14.0. The van der Waals surface area contributed by atoms with Crippen LogP contribution in [-0.4, -0.2) is 29.1 Å². The summed E-state index contributed by atoms with van der Waals surface area (Å²) in [4.78, 5) is 28.2. The van der Waals surface area contributed by atoms with Gasteiger partial charge in [-0.2, -0.15) is 0 Å². The topological polar surface area (TPSA) is 65.5 Å². The number of rotatable bonds is 2. The van der Waals surface area contributed by atoms with E-state index in [1.54, 1.807) is 12.1 Å². The zero-order valence-electron chi connectivity index (χ0n) is 12.6. The molecular formula is C16H19NO4. The van der Waals surface area contributed by atoms with Crippen LogP contribution in [0.4, 0.5) is 0 Å². The van der Waals surface area contributed by atoms with Crippen LogP contribution < -0.4 is 0 Å². The molecule has 0 amide bonds. The highest BCUT2D eigenvalue weighted by Crippen LogP contribution is 2.50. The van der Waals surface area contributed by atoms with Crippen LogP contribution in [0.25, 0.3) is 0 Å². The van der Waals surface area contributed by atoms with Crippen LogP contribution in [0.2, 0.25) is 0 Å². The van der Waals surface area contributed by atoms with Gasteiger partial charge in [0, 0.05) is 5.41 Å². The number of fused-ring (bicyclic) bond motifs is 2. The molecule has 0 unspecified atom stereocenters. The average Bonchev–Trinajstić information content (AvgIpc) is 3.13. The van der Waals surface area contributed by atoms with Crippen molar-refractivity contribution in [3.63, 3.8) is 0 Å². The van der Waals surface area contributed by atoms with E-state index in [1.165, 1.54) is 0 Å². The largest absolute Gasteiger partial charge is 0.461 e. The van der Waals surface area contributed by atoms with E-state index >= 15 is 0 Å². The van der Waals surface area contributed by atoms with Crippen molar-refractivity contribution < 1.29 is 19.1 Å². The van der Waals surface area contributed by atoms with Gasteiger partial charge in [0.2, 0.25) is 0 Å². The molecule has 5 heteroatoms. The minimum atomic E-state index is -0.507. The van der Waals surface area contributed by atoms with Gasteiger partial charge in [-0.25, -0.2) is 4.79 Å². The number of esters is 2. The fourth-order valence-corrected chi connectivity index (χ4v) is 2.57. The third kappa shape index (κ3) is 2.77. The van der Waals surface area contributed by atoms with Crippen molar-refractivity contribution in [2.24, 2.45) is 0 Å². The van der Waals surface area contributed by atoms with E-state index in [1.807, 2.05) is 20.8 Å². The van der Waals surface area contributed by atoms with Crippen LogP contribution in [0.5, 0.6) is 0 Å². The van der Waals surface area contributed by atoms with Gasteiger partial charge in [0.25, 0.3) is 0 Å². The lowest BCUT2D eigenvalue weighted by molar-refractivity contribution is -0.154. The van der Waals surface area contributed by atoms with Crippen LogP contribution in [0.15, 0.2) is 12.1 Å². The van der Waals surface area contributed by atoms with Gasteiger partial charge in [-0.05, 0) is 45.7 Å². The van der Waals surface area contributed by atoms with E-state index in [0.29, 0.717) is 17.9 Å². The molecule has 1 aliphatic carbocycles. The molecule has 0 saturated heterocycles. The minimum Gasteiger partial charge on any atom is -0.461 e. The highest BCUT2D eigenvalue weighted by atomic mass is 16.6. The zero-order chi connectivity index (χ0) is 15.3. The van der Waals surface area contributed by atoms with Crippen molar-refractivity contribution in [3.05, 3.63) is 29.1 Å². The summed E-state index contributed by atoms with van der Waals surface area (Å²) in [6.45, 7) is 5.91. The lowest BCUT2D eigenvalue weighted by atomic mass is 9.95. The van der Waals surface area contributed by atoms with Crippen LogP contribution in [0.3, 0.4) is 0 Å². The molecule has 0 atom stereocenters. The van der Waals surface area contributed by atoms with Gasteiger partial charge in [-0.15, -0.1) is 0 Å². The molecule has 0 aromatic carbocycles. The normalized spacial score (nSPS) is 18.9. The number of aromatic nitrogens is 1. The molecule has 112 valence electrons. The first-order chi connectivity index (χ1) is 9.79. The Labute approximate surface area is 123 Å². The second-order valence-electron chi connectivity index (χ2n) is 6.82. The van der Waals surface area contributed by atoms with Crippen LogP contribution in [0.1, 0.15) is 55.4 Å². The van der Waals surface area contributed by atoms with Gasteiger partial charge < -0.3 is 9.47 Å². The third-order valence-electron chi connectivity index (χ3n) is 3.75. The van der Waals surface area contributed by atoms with Gasteiger partial charge in [0.15, 0.2) is 0 Å². The summed E-state index contributed by atoms with van der Waals surface area (Å²) < 4.78 is 10.5.